The Morgan fingerprint density at radius 1 is 1.47 bits per heavy atom. The summed E-state index contributed by atoms with van der Waals surface area (Å²) in [6.07, 6.45) is 3.36. The average molecular weight is 301 g/mol. The van der Waals surface area contributed by atoms with Crippen LogP contribution in [-0.4, -0.2) is 6.04 Å². The quantitative estimate of drug-likeness (QED) is 0.648. The van der Waals surface area contributed by atoms with Gasteiger partial charge < -0.3 is 0 Å². The first-order chi connectivity index (χ1) is 8.10. The molecule has 1 aliphatic carbocycles. The van der Waals surface area contributed by atoms with Crippen LogP contribution in [0.3, 0.4) is 0 Å². The maximum absolute atomic E-state index is 13.3. The van der Waals surface area contributed by atoms with Crippen molar-refractivity contribution in [2.75, 3.05) is 0 Å². The molecule has 0 bridgehead atoms. The van der Waals surface area contributed by atoms with E-state index in [2.05, 4.69) is 28.3 Å². The second-order valence-corrected chi connectivity index (χ2v) is 5.87. The Hall–Kier alpha value is -0.450. The van der Waals surface area contributed by atoms with Gasteiger partial charge in [-0.05, 0) is 54.9 Å². The van der Waals surface area contributed by atoms with Gasteiger partial charge in [-0.2, -0.15) is 0 Å². The Kier molecular flexibility index (Phi) is 4.17. The SMILES string of the molecule is CC(C1CC1)C(Cc1cc(F)cc(Br)c1)NN. The molecule has 0 radical (unpaired) electrons. The molecule has 4 heteroatoms. The highest BCUT2D eigenvalue weighted by Crippen LogP contribution is 2.38. The molecular formula is C13H18BrFN2. The normalized spacial score (nSPS) is 19.1. The Bertz CT molecular complexity index is 373. The number of rotatable bonds is 5. The molecule has 17 heavy (non-hydrogen) atoms. The third-order valence-corrected chi connectivity index (χ3v) is 4.05. The zero-order valence-electron chi connectivity index (χ0n) is 9.92. The number of hydrogen-bond acceptors (Lipinski definition) is 2. The smallest absolute Gasteiger partial charge is 0.124 e. The van der Waals surface area contributed by atoms with Gasteiger partial charge in [0, 0.05) is 10.5 Å². The van der Waals surface area contributed by atoms with Crippen molar-refractivity contribution in [3.05, 3.63) is 34.1 Å². The first kappa shape index (κ1) is 13.0. The van der Waals surface area contributed by atoms with Crippen molar-refractivity contribution in [3.8, 4) is 0 Å². The molecule has 2 atom stereocenters. The molecule has 2 nitrogen and oxygen atoms in total. The van der Waals surface area contributed by atoms with E-state index in [1.54, 1.807) is 6.07 Å². The first-order valence-electron chi connectivity index (χ1n) is 6.01. The van der Waals surface area contributed by atoms with Crippen molar-refractivity contribution in [1.29, 1.82) is 0 Å². The number of nitrogens with one attached hydrogen (secondary N) is 1. The standard InChI is InChI=1S/C13H18BrFN2/c1-8(10-2-3-10)13(17-16)6-9-4-11(14)7-12(15)5-9/h4-5,7-8,10,13,17H,2-3,6,16H2,1H3. The lowest BCUT2D eigenvalue weighted by Gasteiger charge is -2.23. The lowest BCUT2D eigenvalue weighted by Crippen LogP contribution is -2.42. The van der Waals surface area contributed by atoms with Crippen LogP contribution in [0.2, 0.25) is 0 Å². The average Bonchev–Trinajstić information content (AvgIpc) is 3.07. The lowest BCUT2D eigenvalue weighted by atomic mass is 9.92. The highest BCUT2D eigenvalue weighted by Gasteiger charge is 2.32. The highest BCUT2D eigenvalue weighted by molar-refractivity contribution is 9.10. The van der Waals surface area contributed by atoms with Gasteiger partial charge in [0.2, 0.25) is 0 Å². The summed E-state index contributed by atoms with van der Waals surface area (Å²) in [7, 11) is 0. The molecule has 0 saturated heterocycles. The highest BCUT2D eigenvalue weighted by atomic mass is 79.9. The summed E-state index contributed by atoms with van der Waals surface area (Å²) in [6.45, 7) is 2.22. The summed E-state index contributed by atoms with van der Waals surface area (Å²) in [4.78, 5) is 0. The van der Waals surface area contributed by atoms with Gasteiger partial charge in [-0.25, -0.2) is 4.39 Å². The van der Waals surface area contributed by atoms with E-state index in [1.807, 2.05) is 6.07 Å². The van der Waals surface area contributed by atoms with Gasteiger partial charge in [-0.15, -0.1) is 0 Å². The Morgan fingerprint density at radius 3 is 2.71 bits per heavy atom. The molecule has 1 fully saturated rings. The second kappa shape index (κ2) is 5.46. The zero-order valence-corrected chi connectivity index (χ0v) is 11.5. The van der Waals surface area contributed by atoms with Crippen molar-refractivity contribution < 1.29 is 4.39 Å². The molecular weight excluding hydrogens is 283 g/mol. The van der Waals surface area contributed by atoms with E-state index in [0.29, 0.717) is 5.92 Å². The molecule has 1 aliphatic rings. The van der Waals surface area contributed by atoms with Crippen molar-refractivity contribution in [1.82, 2.24) is 5.43 Å². The van der Waals surface area contributed by atoms with Gasteiger partial charge in [0.05, 0.1) is 0 Å². The molecule has 94 valence electrons. The van der Waals surface area contributed by atoms with Crippen LogP contribution >= 0.6 is 15.9 Å². The summed E-state index contributed by atoms with van der Waals surface area (Å²) >= 11 is 3.31. The summed E-state index contributed by atoms with van der Waals surface area (Å²) in [5, 5.41) is 0. The van der Waals surface area contributed by atoms with E-state index in [0.717, 1.165) is 22.4 Å². The minimum absolute atomic E-state index is 0.204. The Morgan fingerprint density at radius 2 is 2.18 bits per heavy atom. The summed E-state index contributed by atoms with van der Waals surface area (Å²) in [5.74, 6) is 6.73. The number of nitrogens with two attached hydrogens (primary N) is 1. The molecule has 1 aromatic rings. The molecule has 0 heterocycles. The van der Waals surface area contributed by atoms with Gasteiger partial charge >= 0.3 is 0 Å². The van der Waals surface area contributed by atoms with Gasteiger partial charge in [0.1, 0.15) is 5.82 Å². The summed E-state index contributed by atoms with van der Waals surface area (Å²) < 4.78 is 14.1. The maximum atomic E-state index is 13.3. The Labute approximate surface area is 110 Å². The fraction of sp³-hybridized carbons (Fsp3) is 0.538. The van der Waals surface area contributed by atoms with Gasteiger partial charge in [0.15, 0.2) is 0 Å². The first-order valence-corrected chi connectivity index (χ1v) is 6.80. The van der Waals surface area contributed by atoms with E-state index >= 15 is 0 Å². The Balaban J connectivity index is 2.06. The summed E-state index contributed by atoms with van der Waals surface area (Å²) in [6, 6.07) is 5.22. The topological polar surface area (TPSA) is 38.0 Å². The molecule has 0 aliphatic heterocycles. The third-order valence-electron chi connectivity index (χ3n) is 3.59. The minimum Gasteiger partial charge on any atom is -0.271 e. The number of benzene rings is 1. The van der Waals surface area contributed by atoms with Crippen molar-refractivity contribution in [2.24, 2.45) is 17.7 Å². The van der Waals surface area contributed by atoms with Crippen LogP contribution < -0.4 is 11.3 Å². The van der Waals surface area contributed by atoms with E-state index in [1.165, 1.54) is 18.9 Å². The number of hydrogen-bond donors (Lipinski definition) is 2. The summed E-state index contributed by atoms with van der Waals surface area (Å²) in [5.41, 5.74) is 3.85. The van der Waals surface area contributed by atoms with Crippen molar-refractivity contribution in [2.45, 2.75) is 32.2 Å². The molecule has 0 aromatic heterocycles. The molecule has 3 N–H and O–H groups in total. The number of halogens is 2. The van der Waals surface area contributed by atoms with E-state index in [-0.39, 0.29) is 11.9 Å². The third kappa shape index (κ3) is 3.50. The van der Waals surface area contributed by atoms with Crippen LogP contribution in [0.4, 0.5) is 4.39 Å². The molecule has 1 saturated carbocycles. The van der Waals surface area contributed by atoms with Gasteiger partial charge in [0.25, 0.3) is 0 Å². The second-order valence-electron chi connectivity index (χ2n) is 4.95. The van der Waals surface area contributed by atoms with Gasteiger partial charge in [-0.3, -0.25) is 11.3 Å². The van der Waals surface area contributed by atoms with E-state index in [4.69, 9.17) is 5.84 Å². The lowest BCUT2D eigenvalue weighted by molar-refractivity contribution is 0.343. The largest absolute Gasteiger partial charge is 0.271 e. The fourth-order valence-corrected chi connectivity index (χ4v) is 2.84. The number of hydrazine groups is 1. The molecule has 1 aromatic carbocycles. The van der Waals surface area contributed by atoms with E-state index in [9.17, 15) is 4.39 Å². The van der Waals surface area contributed by atoms with Crippen LogP contribution in [0, 0.1) is 17.7 Å². The van der Waals surface area contributed by atoms with Crippen LogP contribution in [-0.2, 0) is 6.42 Å². The van der Waals surface area contributed by atoms with Gasteiger partial charge in [-0.1, -0.05) is 22.9 Å². The molecule has 0 spiro atoms. The monoisotopic (exact) mass is 300 g/mol. The van der Waals surface area contributed by atoms with Crippen LogP contribution in [0.25, 0.3) is 0 Å². The van der Waals surface area contributed by atoms with Crippen LogP contribution in [0.1, 0.15) is 25.3 Å². The molecule has 2 rings (SSSR count). The van der Waals surface area contributed by atoms with E-state index < -0.39 is 0 Å². The predicted molar refractivity (Wildman–Crippen MR) is 70.8 cm³/mol. The molecule has 0 amide bonds. The van der Waals surface area contributed by atoms with Crippen molar-refractivity contribution in [3.63, 3.8) is 0 Å². The van der Waals surface area contributed by atoms with Crippen LogP contribution in [0.15, 0.2) is 22.7 Å². The predicted octanol–water partition coefficient (Wildman–Crippen LogP) is 3.01. The maximum Gasteiger partial charge on any atom is 0.124 e. The minimum atomic E-state index is -0.204. The van der Waals surface area contributed by atoms with Crippen molar-refractivity contribution >= 4 is 15.9 Å². The fourth-order valence-electron chi connectivity index (χ4n) is 2.33. The zero-order chi connectivity index (χ0) is 12.4. The van der Waals surface area contributed by atoms with Crippen LogP contribution in [0.5, 0.6) is 0 Å². The molecule has 2 unspecified atom stereocenters.